The van der Waals surface area contributed by atoms with Crippen molar-refractivity contribution in [2.45, 2.75) is 20.1 Å². The molecule has 0 fully saturated rings. The molecule has 1 aromatic rings. The quantitative estimate of drug-likeness (QED) is 0.739. The van der Waals surface area contributed by atoms with Gasteiger partial charge in [-0.2, -0.15) is 0 Å². The van der Waals surface area contributed by atoms with E-state index in [0.717, 1.165) is 5.69 Å². The first kappa shape index (κ1) is 15.1. The largest absolute Gasteiger partial charge is 0.495 e. The van der Waals surface area contributed by atoms with Gasteiger partial charge in [0, 0.05) is 25.0 Å². The van der Waals surface area contributed by atoms with Gasteiger partial charge in [-0.3, -0.25) is 0 Å². The van der Waals surface area contributed by atoms with E-state index in [1.165, 1.54) is 0 Å². The number of nitrogens with one attached hydrogen (secondary N) is 1. The van der Waals surface area contributed by atoms with E-state index in [4.69, 9.17) is 25.8 Å². The SMILES string of the molecule is CCOC(CNc1ccc(Cl)c(OC)c1)OCC. The van der Waals surface area contributed by atoms with Gasteiger partial charge in [0.05, 0.1) is 18.7 Å². The van der Waals surface area contributed by atoms with E-state index >= 15 is 0 Å². The average molecular weight is 274 g/mol. The highest BCUT2D eigenvalue weighted by atomic mass is 35.5. The molecular weight excluding hydrogens is 254 g/mol. The molecule has 0 bridgehead atoms. The molecule has 0 aliphatic rings. The van der Waals surface area contributed by atoms with Gasteiger partial charge in [0.1, 0.15) is 5.75 Å². The van der Waals surface area contributed by atoms with Gasteiger partial charge in [-0.1, -0.05) is 11.6 Å². The molecule has 4 nitrogen and oxygen atoms in total. The van der Waals surface area contributed by atoms with Gasteiger partial charge in [-0.05, 0) is 26.0 Å². The second-order valence-corrected chi connectivity index (χ2v) is 3.98. The molecule has 0 atom stereocenters. The molecule has 0 amide bonds. The molecule has 18 heavy (non-hydrogen) atoms. The van der Waals surface area contributed by atoms with Crippen LogP contribution in [0.4, 0.5) is 5.69 Å². The Morgan fingerprint density at radius 1 is 1.22 bits per heavy atom. The van der Waals surface area contributed by atoms with Crippen molar-refractivity contribution >= 4 is 17.3 Å². The fraction of sp³-hybridized carbons (Fsp3) is 0.538. The molecule has 0 spiro atoms. The number of halogens is 1. The lowest BCUT2D eigenvalue weighted by Gasteiger charge is -2.18. The van der Waals surface area contributed by atoms with E-state index in [9.17, 15) is 0 Å². The number of methoxy groups -OCH3 is 1. The monoisotopic (exact) mass is 273 g/mol. The van der Waals surface area contributed by atoms with Crippen LogP contribution < -0.4 is 10.1 Å². The summed E-state index contributed by atoms with van der Waals surface area (Å²) in [5, 5.41) is 3.82. The molecule has 1 N–H and O–H groups in total. The highest BCUT2D eigenvalue weighted by molar-refractivity contribution is 6.32. The number of hydrogen-bond acceptors (Lipinski definition) is 4. The van der Waals surface area contributed by atoms with Gasteiger partial charge < -0.3 is 19.5 Å². The molecule has 0 saturated carbocycles. The molecule has 0 aromatic heterocycles. The first-order chi connectivity index (χ1) is 8.71. The maximum Gasteiger partial charge on any atom is 0.174 e. The van der Waals surface area contributed by atoms with Gasteiger partial charge in [0.15, 0.2) is 6.29 Å². The third-order valence-electron chi connectivity index (χ3n) is 2.33. The zero-order chi connectivity index (χ0) is 13.4. The van der Waals surface area contributed by atoms with Crippen LogP contribution in [0.25, 0.3) is 0 Å². The predicted molar refractivity (Wildman–Crippen MR) is 73.5 cm³/mol. The molecule has 0 radical (unpaired) electrons. The smallest absolute Gasteiger partial charge is 0.174 e. The minimum absolute atomic E-state index is 0.248. The topological polar surface area (TPSA) is 39.7 Å². The number of anilines is 1. The third-order valence-corrected chi connectivity index (χ3v) is 2.64. The second kappa shape index (κ2) is 8.19. The fourth-order valence-electron chi connectivity index (χ4n) is 1.51. The number of hydrogen-bond donors (Lipinski definition) is 1. The molecular formula is C13H20ClNO3. The predicted octanol–water partition coefficient (Wildman–Crippen LogP) is 3.16. The first-order valence-electron chi connectivity index (χ1n) is 6.01. The summed E-state index contributed by atoms with van der Waals surface area (Å²) >= 11 is 5.96. The van der Waals surface area contributed by atoms with E-state index in [0.29, 0.717) is 30.5 Å². The Hall–Kier alpha value is -0.970. The number of benzene rings is 1. The summed E-state index contributed by atoms with van der Waals surface area (Å²) in [5.74, 6) is 0.644. The normalized spacial score (nSPS) is 10.7. The summed E-state index contributed by atoms with van der Waals surface area (Å²) in [5.41, 5.74) is 0.917. The molecule has 0 heterocycles. The van der Waals surface area contributed by atoms with E-state index < -0.39 is 0 Å². The number of ether oxygens (including phenoxy) is 3. The Kier molecular flexibility index (Phi) is 6.86. The standard InChI is InChI=1S/C13H20ClNO3/c1-4-17-13(18-5-2)9-15-10-6-7-11(14)12(8-10)16-3/h6-8,13,15H,4-5,9H2,1-3H3. The first-order valence-corrected chi connectivity index (χ1v) is 6.39. The lowest BCUT2D eigenvalue weighted by atomic mass is 10.3. The van der Waals surface area contributed by atoms with E-state index in [1.54, 1.807) is 13.2 Å². The summed E-state index contributed by atoms with van der Waals surface area (Å²) < 4.78 is 16.0. The highest BCUT2D eigenvalue weighted by Gasteiger charge is 2.08. The highest BCUT2D eigenvalue weighted by Crippen LogP contribution is 2.27. The molecule has 0 saturated heterocycles. The van der Waals surface area contributed by atoms with Gasteiger partial charge in [0.25, 0.3) is 0 Å². The average Bonchev–Trinajstić information content (AvgIpc) is 2.38. The Bertz CT molecular complexity index is 354. The third kappa shape index (κ3) is 4.72. The summed E-state index contributed by atoms with van der Waals surface area (Å²) in [7, 11) is 1.59. The minimum Gasteiger partial charge on any atom is -0.495 e. The van der Waals surface area contributed by atoms with Crippen molar-refractivity contribution in [2.75, 3.05) is 32.2 Å². The Balaban J connectivity index is 2.55. The summed E-state index contributed by atoms with van der Waals surface area (Å²) in [6.45, 7) is 5.70. The molecule has 0 unspecified atom stereocenters. The summed E-state index contributed by atoms with van der Waals surface area (Å²) in [6, 6.07) is 5.52. The van der Waals surface area contributed by atoms with E-state index in [2.05, 4.69) is 5.32 Å². The van der Waals surface area contributed by atoms with Crippen LogP contribution in [0.15, 0.2) is 18.2 Å². The minimum atomic E-state index is -0.248. The van der Waals surface area contributed by atoms with Gasteiger partial charge >= 0.3 is 0 Å². The van der Waals surface area contributed by atoms with Gasteiger partial charge in [-0.25, -0.2) is 0 Å². The van der Waals surface area contributed by atoms with Crippen LogP contribution in [0.5, 0.6) is 5.75 Å². The van der Waals surface area contributed by atoms with Gasteiger partial charge in [-0.15, -0.1) is 0 Å². The van der Waals surface area contributed by atoms with Crippen LogP contribution in [0.3, 0.4) is 0 Å². The van der Waals surface area contributed by atoms with Crippen molar-refractivity contribution in [1.82, 2.24) is 0 Å². The molecule has 0 aliphatic heterocycles. The van der Waals surface area contributed by atoms with Gasteiger partial charge in [0.2, 0.25) is 0 Å². The van der Waals surface area contributed by atoms with Crippen LogP contribution in [-0.2, 0) is 9.47 Å². The Morgan fingerprint density at radius 2 is 1.89 bits per heavy atom. The van der Waals surface area contributed by atoms with Crippen molar-refractivity contribution in [2.24, 2.45) is 0 Å². The van der Waals surface area contributed by atoms with Crippen molar-refractivity contribution in [3.05, 3.63) is 23.2 Å². The lowest BCUT2D eigenvalue weighted by Crippen LogP contribution is -2.26. The zero-order valence-electron chi connectivity index (χ0n) is 11.0. The fourth-order valence-corrected chi connectivity index (χ4v) is 1.70. The summed E-state index contributed by atoms with van der Waals surface area (Å²) in [4.78, 5) is 0. The molecule has 0 aliphatic carbocycles. The van der Waals surface area contributed by atoms with Crippen molar-refractivity contribution in [3.63, 3.8) is 0 Å². The maximum absolute atomic E-state index is 5.96. The van der Waals surface area contributed by atoms with Crippen LogP contribution in [0, 0.1) is 0 Å². The van der Waals surface area contributed by atoms with E-state index in [1.807, 2.05) is 26.0 Å². The molecule has 1 rings (SSSR count). The summed E-state index contributed by atoms with van der Waals surface area (Å²) in [6.07, 6.45) is -0.248. The van der Waals surface area contributed by atoms with Crippen molar-refractivity contribution < 1.29 is 14.2 Å². The van der Waals surface area contributed by atoms with Crippen LogP contribution in [-0.4, -0.2) is 33.2 Å². The van der Waals surface area contributed by atoms with Crippen molar-refractivity contribution in [1.29, 1.82) is 0 Å². The van der Waals surface area contributed by atoms with E-state index in [-0.39, 0.29) is 6.29 Å². The van der Waals surface area contributed by atoms with Crippen LogP contribution in [0.2, 0.25) is 5.02 Å². The lowest BCUT2D eigenvalue weighted by molar-refractivity contribution is -0.126. The van der Waals surface area contributed by atoms with Crippen LogP contribution in [0.1, 0.15) is 13.8 Å². The maximum atomic E-state index is 5.96. The molecule has 102 valence electrons. The molecule has 1 aromatic carbocycles. The second-order valence-electron chi connectivity index (χ2n) is 3.57. The Morgan fingerprint density at radius 3 is 2.44 bits per heavy atom. The zero-order valence-corrected chi connectivity index (χ0v) is 11.8. The van der Waals surface area contributed by atoms with Crippen LogP contribution >= 0.6 is 11.6 Å². The van der Waals surface area contributed by atoms with Crippen molar-refractivity contribution in [3.8, 4) is 5.75 Å². The molecule has 5 heteroatoms. The number of rotatable bonds is 8. The Labute approximate surface area is 113 Å².